The Morgan fingerprint density at radius 2 is 2.00 bits per heavy atom. The fraction of sp³-hybridized carbons (Fsp3) is 0.100. The SMILES string of the molecule is COc1ccc(-c2ccc(/C=N/NC(=O)C(O)c3ccccc3)o2)cc1Cl. The minimum Gasteiger partial charge on any atom is -0.495 e. The molecule has 0 aliphatic carbocycles. The third-order valence-electron chi connectivity index (χ3n) is 3.79. The van der Waals surface area contributed by atoms with E-state index in [-0.39, 0.29) is 0 Å². The quantitative estimate of drug-likeness (QED) is 0.500. The van der Waals surface area contributed by atoms with Gasteiger partial charge >= 0.3 is 0 Å². The molecule has 3 aromatic rings. The number of carbonyl (C=O) groups excluding carboxylic acids is 1. The van der Waals surface area contributed by atoms with E-state index in [1.165, 1.54) is 6.21 Å². The lowest BCUT2D eigenvalue weighted by Crippen LogP contribution is -2.25. The fourth-order valence-electron chi connectivity index (χ4n) is 2.40. The first-order chi connectivity index (χ1) is 13.1. The van der Waals surface area contributed by atoms with E-state index in [4.69, 9.17) is 20.8 Å². The molecule has 7 heteroatoms. The molecule has 0 saturated carbocycles. The Labute approximate surface area is 161 Å². The van der Waals surface area contributed by atoms with Gasteiger partial charge in [0, 0.05) is 5.56 Å². The van der Waals surface area contributed by atoms with Gasteiger partial charge in [0.25, 0.3) is 5.91 Å². The highest BCUT2D eigenvalue weighted by atomic mass is 35.5. The summed E-state index contributed by atoms with van der Waals surface area (Å²) in [6.45, 7) is 0. The molecule has 2 N–H and O–H groups in total. The minimum absolute atomic E-state index is 0.437. The standard InChI is InChI=1S/C20H17ClN2O4/c1-26-18-9-7-14(11-16(18)21)17-10-8-15(27-17)12-22-23-20(25)19(24)13-5-3-2-4-6-13/h2-12,19,24H,1H3,(H,23,25)/b22-12+. The Balaban J connectivity index is 1.63. The van der Waals surface area contributed by atoms with Crippen molar-refractivity contribution in [3.05, 3.63) is 77.0 Å². The molecule has 0 fully saturated rings. The number of aliphatic hydroxyl groups excluding tert-OH is 1. The molecule has 6 nitrogen and oxygen atoms in total. The van der Waals surface area contributed by atoms with Gasteiger partial charge in [-0.15, -0.1) is 0 Å². The number of ether oxygens (including phenoxy) is 1. The molecule has 0 aliphatic rings. The summed E-state index contributed by atoms with van der Waals surface area (Å²) >= 11 is 6.12. The zero-order chi connectivity index (χ0) is 19.2. The van der Waals surface area contributed by atoms with Gasteiger partial charge in [-0.3, -0.25) is 4.79 Å². The molecule has 1 amide bonds. The second kappa shape index (κ2) is 8.53. The molecule has 0 radical (unpaired) electrons. The zero-order valence-corrected chi connectivity index (χ0v) is 15.2. The fourth-order valence-corrected chi connectivity index (χ4v) is 2.66. The number of methoxy groups -OCH3 is 1. The Hall–Kier alpha value is -3.09. The Morgan fingerprint density at radius 1 is 1.22 bits per heavy atom. The lowest BCUT2D eigenvalue weighted by atomic mass is 10.1. The summed E-state index contributed by atoms with van der Waals surface area (Å²) in [4.78, 5) is 11.9. The van der Waals surface area contributed by atoms with Gasteiger partial charge < -0.3 is 14.3 Å². The Bertz CT molecular complexity index is 954. The summed E-state index contributed by atoms with van der Waals surface area (Å²) in [5, 5.41) is 14.3. The molecule has 0 spiro atoms. The van der Waals surface area contributed by atoms with Crippen LogP contribution >= 0.6 is 11.6 Å². The van der Waals surface area contributed by atoms with E-state index < -0.39 is 12.0 Å². The number of nitrogens with one attached hydrogen (secondary N) is 1. The van der Waals surface area contributed by atoms with Crippen molar-refractivity contribution >= 4 is 23.7 Å². The van der Waals surface area contributed by atoms with Gasteiger partial charge in [-0.25, -0.2) is 5.43 Å². The van der Waals surface area contributed by atoms with Crippen molar-refractivity contribution in [2.75, 3.05) is 7.11 Å². The van der Waals surface area contributed by atoms with E-state index in [2.05, 4.69) is 10.5 Å². The Morgan fingerprint density at radius 3 is 2.70 bits per heavy atom. The summed E-state index contributed by atoms with van der Waals surface area (Å²) in [6.07, 6.45) is 0.0569. The maximum Gasteiger partial charge on any atom is 0.273 e. The van der Waals surface area contributed by atoms with Crippen molar-refractivity contribution < 1.29 is 19.1 Å². The number of hydrogen-bond donors (Lipinski definition) is 2. The number of halogens is 1. The van der Waals surface area contributed by atoms with Crippen LogP contribution in [0.1, 0.15) is 17.4 Å². The van der Waals surface area contributed by atoms with Crippen LogP contribution in [-0.4, -0.2) is 24.3 Å². The molecule has 27 heavy (non-hydrogen) atoms. The van der Waals surface area contributed by atoms with Crippen LogP contribution < -0.4 is 10.2 Å². The van der Waals surface area contributed by atoms with Crippen LogP contribution in [0.4, 0.5) is 0 Å². The summed E-state index contributed by atoms with van der Waals surface area (Å²) in [5.74, 6) is 0.975. The highest BCUT2D eigenvalue weighted by Gasteiger charge is 2.16. The van der Waals surface area contributed by atoms with E-state index >= 15 is 0 Å². The van der Waals surface area contributed by atoms with Crippen LogP contribution in [0.5, 0.6) is 5.75 Å². The van der Waals surface area contributed by atoms with E-state index in [0.29, 0.717) is 27.9 Å². The van der Waals surface area contributed by atoms with Crippen LogP contribution in [0.2, 0.25) is 5.02 Å². The molecule has 2 aromatic carbocycles. The highest BCUT2D eigenvalue weighted by molar-refractivity contribution is 6.32. The Kier molecular flexibility index (Phi) is 5.90. The first-order valence-electron chi connectivity index (χ1n) is 8.08. The number of aliphatic hydroxyl groups is 1. The van der Waals surface area contributed by atoms with Crippen LogP contribution in [0, 0.1) is 0 Å². The zero-order valence-electron chi connectivity index (χ0n) is 14.4. The minimum atomic E-state index is -1.29. The molecule has 1 atom stereocenters. The van der Waals surface area contributed by atoms with Gasteiger partial charge in [0.2, 0.25) is 0 Å². The number of benzene rings is 2. The summed E-state index contributed by atoms with van der Waals surface area (Å²) in [7, 11) is 1.55. The van der Waals surface area contributed by atoms with E-state index in [1.807, 2.05) is 6.07 Å². The van der Waals surface area contributed by atoms with E-state index in [9.17, 15) is 9.90 Å². The third-order valence-corrected chi connectivity index (χ3v) is 4.09. The topological polar surface area (TPSA) is 84.1 Å². The molecule has 0 bridgehead atoms. The number of carbonyl (C=O) groups is 1. The maximum absolute atomic E-state index is 11.9. The summed E-state index contributed by atoms with van der Waals surface area (Å²) in [6, 6.07) is 17.4. The molecule has 0 aliphatic heterocycles. The number of rotatable bonds is 6. The molecule has 1 aromatic heterocycles. The molecule has 0 saturated heterocycles. The number of furan rings is 1. The van der Waals surface area contributed by atoms with Crippen LogP contribution in [-0.2, 0) is 4.79 Å². The predicted octanol–water partition coefficient (Wildman–Crippen LogP) is 3.79. The summed E-state index contributed by atoms with van der Waals surface area (Å²) in [5.41, 5.74) is 3.55. The van der Waals surface area contributed by atoms with Crippen molar-refractivity contribution in [2.45, 2.75) is 6.10 Å². The van der Waals surface area contributed by atoms with Crippen molar-refractivity contribution in [3.63, 3.8) is 0 Å². The number of hydrazone groups is 1. The molecule has 1 heterocycles. The molecule has 3 rings (SSSR count). The van der Waals surface area contributed by atoms with Gasteiger partial charge in [-0.2, -0.15) is 5.10 Å². The lowest BCUT2D eigenvalue weighted by molar-refractivity contribution is -0.129. The van der Waals surface area contributed by atoms with Gasteiger partial charge in [0.15, 0.2) is 6.10 Å². The summed E-state index contributed by atoms with van der Waals surface area (Å²) < 4.78 is 10.8. The average Bonchev–Trinajstić information content (AvgIpc) is 3.17. The lowest BCUT2D eigenvalue weighted by Gasteiger charge is -2.08. The van der Waals surface area contributed by atoms with Crippen molar-refractivity contribution in [2.24, 2.45) is 5.10 Å². The number of amides is 1. The predicted molar refractivity (Wildman–Crippen MR) is 103 cm³/mol. The van der Waals surface area contributed by atoms with Crippen LogP contribution in [0.15, 0.2) is 70.2 Å². The third kappa shape index (κ3) is 4.55. The van der Waals surface area contributed by atoms with Crippen LogP contribution in [0.25, 0.3) is 11.3 Å². The number of hydrogen-bond acceptors (Lipinski definition) is 5. The van der Waals surface area contributed by atoms with Gasteiger partial charge in [-0.05, 0) is 35.9 Å². The van der Waals surface area contributed by atoms with Gasteiger partial charge in [-0.1, -0.05) is 41.9 Å². The molecular weight excluding hydrogens is 368 g/mol. The normalized spacial score (nSPS) is 12.1. The maximum atomic E-state index is 11.9. The first-order valence-corrected chi connectivity index (χ1v) is 8.46. The van der Waals surface area contributed by atoms with Gasteiger partial charge in [0.1, 0.15) is 17.3 Å². The monoisotopic (exact) mass is 384 g/mol. The molecular formula is C20H17ClN2O4. The van der Waals surface area contributed by atoms with E-state index in [0.717, 1.165) is 5.56 Å². The van der Waals surface area contributed by atoms with Crippen molar-refractivity contribution in [3.8, 4) is 17.1 Å². The average molecular weight is 385 g/mol. The van der Waals surface area contributed by atoms with Crippen molar-refractivity contribution in [1.29, 1.82) is 0 Å². The molecule has 138 valence electrons. The smallest absolute Gasteiger partial charge is 0.273 e. The number of nitrogens with zero attached hydrogens (tertiary/aromatic N) is 1. The van der Waals surface area contributed by atoms with E-state index in [1.54, 1.807) is 61.7 Å². The molecule has 1 unspecified atom stereocenters. The first kappa shape index (κ1) is 18.7. The van der Waals surface area contributed by atoms with Crippen molar-refractivity contribution in [1.82, 2.24) is 5.43 Å². The van der Waals surface area contributed by atoms with Gasteiger partial charge in [0.05, 0.1) is 18.3 Å². The van der Waals surface area contributed by atoms with Crippen LogP contribution in [0.3, 0.4) is 0 Å². The largest absolute Gasteiger partial charge is 0.495 e. The second-order valence-corrected chi connectivity index (χ2v) is 6.01. The highest BCUT2D eigenvalue weighted by Crippen LogP contribution is 2.30. The second-order valence-electron chi connectivity index (χ2n) is 5.60.